The average Bonchev–Trinajstić information content (AvgIpc) is 2.58. The molecule has 0 fully saturated rings. The van der Waals surface area contributed by atoms with Crippen molar-refractivity contribution in [1.29, 1.82) is 0 Å². The highest BCUT2D eigenvalue weighted by Crippen LogP contribution is 2.30. The summed E-state index contributed by atoms with van der Waals surface area (Å²) in [7, 11) is 1.65. The van der Waals surface area contributed by atoms with Gasteiger partial charge in [-0.2, -0.15) is 13.2 Å². The van der Waals surface area contributed by atoms with Crippen molar-refractivity contribution >= 4 is 11.8 Å². The third-order valence-corrected chi connectivity index (χ3v) is 4.94. The van der Waals surface area contributed by atoms with E-state index in [1.54, 1.807) is 18.9 Å². The van der Waals surface area contributed by atoms with Crippen LogP contribution in [0.2, 0.25) is 0 Å². The fourth-order valence-electron chi connectivity index (χ4n) is 2.21. The third-order valence-electron chi connectivity index (χ3n) is 3.62. The Hall–Kier alpha value is -1.82. The van der Waals surface area contributed by atoms with Gasteiger partial charge in [0.2, 0.25) is 0 Å². The molecular weight excluding hydrogens is 349 g/mol. The Morgan fingerprint density at radius 3 is 2.32 bits per heavy atom. The Bertz CT molecular complexity index is 684. The minimum Gasteiger partial charge on any atom is -0.496 e. The van der Waals surface area contributed by atoms with Crippen LogP contribution in [0.1, 0.15) is 18.1 Å². The molecule has 0 aliphatic heterocycles. The second kappa shape index (κ2) is 8.52. The molecule has 2 rings (SSSR count). The zero-order valence-electron chi connectivity index (χ0n) is 14.4. The Morgan fingerprint density at radius 1 is 1.08 bits per heavy atom. The summed E-state index contributed by atoms with van der Waals surface area (Å²) in [4.78, 5) is 1.15. The van der Waals surface area contributed by atoms with Crippen LogP contribution in [-0.4, -0.2) is 19.5 Å². The highest BCUT2D eigenvalue weighted by Gasteiger charge is 2.30. The van der Waals surface area contributed by atoms with Crippen LogP contribution >= 0.6 is 11.8 Å². The maximum absolute atomic E-state index is 12.5. The summed E-state index contributed by atoms with van der Waals surface area (Å²) >= 11 is 1.72. The zero-order valence-corrected chi connectivity index (χ0v) is 15.2. The molecule has 6 heteroatoms. The SMILES string of the molecule is COc1ccc(SC[C@H](C)COc2ccc(C(F)(F)F)cc2)cc1C. The normalized spacial score (nSPS) is 12.7. The molecule has 0 N–H and O–H groups in total. The smallest absolute Gasteiger partial charge is 0.416 e. The first kappa shape index (κ1) is 19.5. The number of thioether (sulfide) groups is 1. The lowest BCUT2D eigenvalue weighted by Gasteiger charge is -2.14. The Kier molecular flexibility index (Phi) is 6.64. The molecule has 0 radical (unpaired) electrons. The summed E-state index contributed by atoms with van der Waals surface area (Å²) in [5, 5.41) is 0. The largest absolute Gasteiger partial charge is 0.496 e. The Morgan fingerprint density at radius 2 is 1.76 bits per heavy atom. The van der Waals surface area contributed by atoms with Crippen LogP contribution in [0.25, 0.3) is 0 Å². The molecule has 0 aliphatic carbocycles. The lowest BCUT2D eigenvalue weighted by molar-refractivity contribution is -0.137. The maximum atomic E-state index is 12.5. The van der Waals surface area contributed by atoms with E-state index in [4.69, 9.17) is 9.47 Å². The molecule has 0 amide bonds. The van der Waals surface area contributed by atoms with Crippen molar-refractivity contribution in [3.63, 3.8) is 0 Å². The van der Waals surface area contributed by atoms with Crippen molar-refractivity contribution in [2.45, 2.75) is 24.9 Å². The summed E-state index contributed by atoms with van der Waals surface area (Å²) in [6.07, 6.45) is -4.32. The minimum atomic E-state index is -4.32. The van der Waals surface area contributed by atoms with Crippen molar-refractivity contribution in [3.05, 3.63) is 53.6 Å². The molecule has 0 unspecified atom stereocenters. The second-order valence-corrected chi connectivity index (χ2v) is 6.97. The van der Waals surface area contributed by atoms with Gasteiger partial charge in [-0.15, -0.1) is 11.8 Å². The number of methoxy groups -OCH3 is 1. The first-order valence-corrected chi connectivity index (χ1v) is 8.85. The molecule has 136 valence electrons. The quantitative estimate of drug-likeness (QED) is 0.571. The van der Waals surface area contributed by atoms with Gasteiger partial charge in [0.25, 0.3) is 0 Å². The standard InChI is InChI=1S/C19H21F3O2S/c1-13(12-25-17-8-9-18(23-3)14(2)10-17)11-24-16-6-4-15(5-7-16)19(20,21)22/h4-10,13H,11-12H2,1-3H3/t13-/m1/s1. The topological polar surface area (TPSA) is 18.5 Å². The van der Waals surface area contributed by atoms with E-state index in [1.165, 1.54) is 12.1 Å². The number of aryl methyl sites for hydroxylation is 1. The molecule has 25 heavy (non-hydrogen) atoms. The average molecular weight is 370 g/mol. The number of ether oxygens (including phenoxy) is 2. The van der Waals surface area contributed by atoms with Crippen LogP contribution < -0.4 is 9.47 Å². The third kappa shape index (κ3) is 5.88. The van der Waals surface area contributed by atoms with E-state index in [1.807, 2.05) is 26.0 Å². The van der Waals surface area contributed by atoms with Gasteiger partial charge in [0.05, 0.1) is 19.3 Å². The monoisotopic (exact) mass is 370 g/mol. The van der Waals surface area contributed by atoms with Crippen LogP contribution in [0.3, 0.4) is 0 Å². The van der Waals surface area contributed by atoms with Crippen LogP contribution in [0.15, 0.2) is 47.4 Å². The van der Waals surface area contributed by atoms with Crippen LogP contribution in [-0.2, 0) is 6.18 Å². The Labute approximate surface area is 150 Å². The number of alkyl halides is 3. The second-order valence-electron chi connectivity index (χ2n) is 5.88. The molecule has 0 aliphatic rings. The number of rotatable bonds is 7. The molecule has 1 atom stereocenters. The van der Waals surface area contributed by atoms with E-state index in [2.05, 4.69) is 6.07 Å². The van der Waals surface area contributed by atoms with Crippen molar-refractivity contribution < 1.29 is 22.6 Å². The lowest BCUT2D eigenvalue weighted by atomic mass is 10.2. The van der Waals surface area contributed by atoms with Gasteiger partial charge in [0, 0.05) is 10.6 Å². The summed E-state index contributed by atoms with van der Waals surface area (Å²) < 4.78 is 48.4. The molecular formula is C19H21F3O2S. The predicted octanol–water partition coefficient (Wildman–Crippen LogP) is 5.83. The van der Waals surface area contributed by atoms with Gasteiger partial charge < -0.3 is 9.47 Å². The van der Waals surface area contributed by atoms with Gasteiger partial charge in [-0.25, -0.2) is 0 Å². The first-order valence-electron chi connectivity index (χ1n) is 7.87. The summed E-state index contributed by atoms with van der Waals surface area (Å²) in [5.74, 6) is 2.43. The molecule has 0 saturated carbocycles. The van der Waals surface area contributed by atoms with Gasteiger partial charge in [-0.1, -0.05) is 6.92 Å². The van der Waals surface area contributed by atoms with Gasteiger partial charge in [-0.05, 0) is 60.9 Å². The fraction of sp³-hybridized carbons (Fsp3) is 0.368. The van der Waals surface area contributed by atoms with Crippen molar-refractivity contribution in [2.24, 2.45) is 5.92 Å². The maximum Gasteiger partial charge on any atom is 0.416 e. The van der Waals surface area contributed by atoms with E-state index in [-0.39, 0.29) is 5.92 Å². The molecule has 0 spiro atoms. The predicted molar refractivity (Wildman–Crippen MR) is 94.6 cm³/mol. The number of hydrogen-bond donors (Lipinski definition) is 0. The highest BCUT2D eigenvalue weighted by atomic mass is 32.2. The van der Waals surface area contributed by atoms with Crippen LogP contribution in [0.5, 0.6) is 11.5 Å². The summed E-state index contributed by atoms with van der Waals surface area (Å²) in [5.41, 5.74) is 0.416. The molecule has 0 bridgehead atoms. The molecule has 0 saturated heterocycles. The fourth-order valence-corrected chi connectivity index (χ4v) is 3.20. The Balaban J connectivity index is 1.80. The number of benzene rings is 2. The first-order chi connectivity index (χ1) is 11.8. The molecule has 2 aromatic carbocycles. The summed E-state index contributed by atoms with van der Waals surface area (Å²) in [6, 6.07) is 10.8. The van der Waals surface area contributed by atoms with E-state index in [0.717, 1.165) is 34.1 Å². The van der Waals surface area contributed by atoms with Crippen LogP contribution in [0.4, 0.5) is 13.2 Å². The number of halogens is 3. The van der Waals surface area contributed by atoms with Crippen molar-refractivity contribution in [3.8, 4) is 11.5 Å². The number of hydrogen-bond acceptors (Lipinski definition) is 3. The van der Waals surface area contributed by atoms with E-state index >= 15 is 0 Å². The van der Waals surface area contributed by atoms with E-state index in [0.29, 0.717) is 12.4 Å². The zero-order chi connectivity index (χ0) is 18.4. The molecule has 0 aromatic heterocycles. The van der Waals surface area contributed by atoms with Crippen LogP contribution in [0, 0.1) is 12.8 Å². The molecule has 0 heterocycles. The van der Waals surface area contributed by atoms with E-state index in [9.17, 15) is 13.2 Å². The highest BCUT2D eigenvalue weighted by molar-refractivity contribution is 7.99. The van der Waals surface area contributed by atoms with Gasteiger partial charge in [0.15, 0.2) is 0 Å². The molecule has 2 aromatic rings. The van der Waals surface area contributed by atoms with E-state index < -0.39 is 11.7 Å². The minimum absolute atomic E-state index is 0.259. The van der Waals surface area contributed by atoms with Crippen molar-refractivity contribution in [2.75, 3.05) is 19.5 Å². The van der Waals surface area contributed by atoms with Crippen molar-refractivity contribution in [1.82, 2.24) is 0 Å². The van der Waals surface area contributed by atoms with Gasteiger partial charge >= 0.3 is 6.18 Å². The molecule has 2 nitrogen and oxygen atoms in total. The van der Waals surface area contributed by atoms with Gasteiger partial charge in [-0.3, -0.25) is 0 Å². The summed E-state index contributed by atoms with van der Waals surface area (Å²) in [6.45, 7) is 4.50. The lowest BCUT2D eigenvalue weighted by Crippen LogP contribution is -2.11. The van der Waals surface area contributed by atoms with Gasteiger partial charge in [0.1, 0.15) is 11.5 Å².